The molecule has 33 valence electrons. The van der Waals surface area contributed by atoms with Gasteiger partial charge in [0.1, 0.15) is 0 Å². The summed E-state index contributed by atoms with van der Waals surface area (Å²) < 4.78 is 0. The molecule has 0 spiro atoms. The van der Waals surface area contributed by atoms with Crippen molar-refractivity contribution in [3.63, 3.8) is 0 Å². The van der Waals surface area contributed by atoms with Gasteiger partial charge in [-0.3, -0.25) is 0 Å². The van der Waals surface area contributed by atoms with Crippen LogP contribution < -0.4 is 18.9 Å². The van der Waals surface area contributed by atoms with Gasteiger partial charge in [0, 0.05) is 0 Å². The molecule has 0 saturated carbocycles. The Morgan fingerprint density at radius 3 is 0.667 bits per heavy atom. The zero-order chi connectivity index (χ0) is 0. The summed E-state index contributed by atoms with van der Waals surface area (Å²) in [6.07, 6.45) is 0. The van der Waals surface area contributed by atoms with Crippen LogP contribution in [0.15, 0.2) is 0 Å². The Kier molecular flexibility index (Phi) is 1950. The van der Waals surface area contributed by atoms with Gasteiger partial charge in [-0.2, -0.15) is 0 Å². The summed E-state index contributed by atoms with van der Waals surface area (Å²) >= 11 is 0. The van der Waals surface area contributed by atoms with Crippen molar-refractivity contribution in [2.45, 2.75) is 0 Å². The van der Waals surface area contributed by atoms with Gasteiger partial charge in [0.05, 0.1) is 0 Å². The monoisotopic (exact) mass is 145 g/mol. The molecule has 0 heterocycles. The van der Waals surface area contributed by atoms with Crippen molar-refractivity contribution >= 4 is 17.4 Å². The summed E-state index contributed by atoms with van der Waals surface area (Å²) in [5, 5.41) is 0. The fraction of sp³-hybridized carbons (Fsp3) is 0. The largest absolute Gasteiger partial charge is 3.00 e. The minimum Gasteiger partial charge on any atom is -2.00 e. The molecule has 0 bridgehead atoms. The zero-order valence-electron chi connectivity index (χ0n) is 3.10. The van der Waals surface area contributed by atoms with Crippen LogP contribution in [0.4, 0.5) is 0 Å². The van der Waals surface area contributed by atoms with Crippen LogP contribution in [0, 0.1) is 0 Å². The van der Waals surface area contributed by atoms with E-state index in [0.29, 0.717) is 0 Å². The second-order valence-electron chi connectivity index (χ2n) is 0. The number of rotatable bonds is 0. The molecule has 3 nitrogen and oxygen atoms in total. The molecule has 0 aliphatic heterocycles. The molecule has 0 unspecified atom stereocenters. The van der Waals surface area contributed by atoms with E-state index in [-0.39, 0.29) is 69.7 Å². The third kappa shape index (κ3) is 48.5. The zero-order valence-corrected chi connectivity index (χ0v) is 5.20. The topological polar surface area (TPSA) is 85.5 Å². The van der Waals surface area contributed by atoms with Crippen molar-refractivity contribution in [3.05, 3.63) is 0 Å². The van der Waals surface area contributed by atoms with E-state index >= 15 is 0 Å². The first kappa shape index (κ1) is 137. The molecule has 6 heavy (non-hydrogen) atoms. The van der Waals surface area contributed by atoms with E-state index in [1.54, 1.807) is 0 Å². The first-order valence-corrected chi connectivity index (χ1v) is 0. The molecular weight excluding hydrogens is 145 g/mol. The van der Waals surface area contributed by atoms with Gasteiger partial charge in [-0.1, -0.05) is 0 Å². The minimum atomic E-state index is 0. The Bertz CT molecular complexity index is 10.8. The molecule has 0 aliphatic rings. The molecule has 1 radical (unpaired) electrons. The predicted molar refractivity (Wildman–Crippen MR) is 7.81 cm³/mol. The Labute approximate surface area is 69.6 Å². The van der Waals surface area contributed by atoms with E-state index < -0.39 is 0 Å². The maximum absolute atomic E-state index is 0. The Morgan fingerprint density at radius 1 is 0.667 bits per heavy atom. The van der Waals surface area contributed by atoms with Crippen LogP contribution in [0.5, 0.6) is 0 Å². The number of hydrogen-bond acceptors (Lipinski definition) is 0. The van der Waals surface area contributed by atoms with Crippen LogP contribution in [0.1, 0.15) is 0 Å². The molecule has 0 saturated heterocycles. The molecule has 0 aromatic heterocycles. The third-order valence-corrected chi connectivity index (χ3v) is 0. The third-order valence-electron chi connectivity index (χ3n) is 0. The molecular formula is AlCuLiO3. The van der Waals surface area contributed by atoms with Crippen molar-refractivity contribution in [1.29, 1.82) is 0 Å². The molecule has 0 fully saturated rings. The smallest absolute Gasteiger partial charge is 2.00 e. The summed E-state index contributed by atoms with van der Waals surface area (Å²) in [5.74, 6) is 0. The second kappa shape index (κ2) is 85.4. The molecule has 0 N–H and O–H groups in total. The van der Waals surface area contributed by atoms with Crippen molar-refractivity contribution < 1.29 is 52.4 Å². The van der Waals surface area contributed by atoms with Crippen molar-refractivity contribution in [2.75, 3.05) is 0 Å². The average molecular weight is 145 g/mol. The van der Waals surface area contributed by atoms with Gasteiger partial charge in [0.2, 0.25) is 0 Å². The maximum Gasteiger partial charge on any atom is 3.00 e. The normalized spacial score (nSPS) is 0. The first-order chi connectivity index (χ1) is 0. The van der Waals surface area contributed by atoms with Crippen LogP contribution >= 0.6 is 0 Å². The molecule has 0 aromatic carbocycles. The van der Waals surface area contributed by atoms with E-state index in [1.807, 2.05) is 0 Å². The quantitative estimate of drug-likeness (QED) is 0.314. The SMILES string of the molecule is [Al+3].[Cu+2].[Li+].[O-2].[O-2].[O-2]. The summed E-state index contributed by atoms with van der Waals surface area (Å²) in [6.45, 7) is 0. The summed E-state index contributed by atoms with van der Waals surface area (Å²) in [6, 6.07) is 0. The van der Waals surface area contributed by atoms with E-state index in [1.165, 1.54) is 0 Å². The van der Waals surface area contributed by atoms with E-state index in [9.17, 15) is 0 Å². The second-order valence-corrected chi connectivity index (χ2v) is 0. The van der Waals surface area contributed by atoms with Crippen molar-refractivity contribution in [3.8, 4) is 0 Å². The van der Waals surface area contributed by atoms with Gasteiger partial charge >= 0.3 is 53.3 Å². The van der Waals surface area contributed by atoms with Crippen LogP contribution in [-0.2, 0) is 33.5 Å². The van der Waals surface area contributed by atoms with E-state index in [4.69, 9.17) is 0 Å². The van der Waals surface area contributed by atoms with E-state index in [0.717, 1.165) is 0 Å². The van der Waals surface area contributed by atoms with Crippen molar-refractivity contribution in [2.24, 2.45) is 0 Å². The molecule has 6 heteroatoms. The molecule has 0 aliphatic carbocycles. The molecule has 0 atom stereocenters. The van der Waals surface area contributed by atoms with Gasteiger partial charge in [-0.05, 0) is 0 Å². The summed E-state index contributed by atoms with van der Waals surface area (Å²) in [7, 11) is 0. The first-order valence-electron chi connectivity index (χ1n) is 0. The Balaban J connectivity index is 0. The van der Waals surface area contributed by atoms with Crippen LogP contribution in [-0.4, -0.2) is 17.4 Å². The molecule has 0 aromatic rings. The fourth-order valence-corrected chi connectivity index (χ4v) is 0. The predicted octanol–water partition coefficient (Wildman–Crippen LogP) is -3.74. The van der Waals surface area contributed by atoms with E-state index in [2.05, 4.69) is 0 Å². The summed E-state index contributed by atoms with van der Waals surface area (Å²) in [4.78, 5) is 0. The number of hydrogen-bond donors (Lipinski definition) is 0. The molecule has 0 rings (SSSR count). The average Bonchev–Trinajstić information content (AvgIpc) is 0. The maximum atomic E-state index is 0. The Morgan fingerprint density at radius 2 is 0.667 bits per heavy atom. The molecule has 0 amide bonds. The van der Waals surface area contributed by atoms with Crippen molar-refractivity contribution in [1.82, 2.24) is 0 Å². The minimum absolute atomic E-state index is 0. The fourth-order valence-electron chi connectivity index (χ4n) is 0. The van der Waals surface area contributed by atoms with Gasteiger partial charge in [-0.15, -0.1) is 0 Å². The van der Waals surface area contributed by atoms with Gasteiger partial charge in [0.25, 0.3) is 0 Å². The standard InChI is InChI=1S/Al.Cu.Li.3O/q+3;+2;+1;3*-2. The van der Waals surface area contributed by atoms with Gasteiger partial charge in [0.15, 0.2) is 0 Å². The van der Waals surface area contributed by atoms with Crippen LogP contribution in [0.25, 0.3) is 0 Å². The summed E-state index contributed by atoms with van der Waals surface area (Å²) in [5.41, 5.74) is 0. The van der Waals surface area contributed by atoms with Crippen LogP contribution in [0.3, 0.4) is 0 Å². The van der Waals surface area contributed by atoms with Crippen LogP contribution in [0.2, 0.25) is 0 Å². The van der Waals surface area contributed by atoms with Gasteiger partial charge < -0.3 is 16.4 Å². The van der Waals surface area contributed by atoms with Gasteiger partial charge in [-0.25, -0.2) is 0 Å². The Hall–Kier alpha value is 1.53.